The first-order valence-electron chi connectivity index (χ1n) is 12.2. The first-order valence-corrected chi connectivity index (χ1v) is 13.7. The first kappa shape index (κ1) is 23.1. The summed E-state index contributed by atoms with van der Waals surface area (Å²) in [6.45, 7) is 4.98. The smallest absolute Gasteiger partial charge is 0.230 e. The zero-order chi connectivity index (χ0) is 22.8. The number of rotatable bonds is 6. The van der Waals surface area contributed by atoms with E-state index in [9.17, 15) is 9.90 Å². The van der Waals surface area contributed by atoms with Crippen LogP contribution in [0.5, 0.6) is 0 Å². The summed E-state index contributed by atoms with van der Waals surface area (Å²) in [5.41, 5.74) is 3.35. The summed E-state index contributed by atoms with van der Waals surface area (Å²) < 4.78 is 1.08. The van der Waals surface area contributed by atoms with Crippen molar-refractivity contribution in [3.63, 3.8) is 0 Å². The standard InChI is InChI=1S/C26H33IN4O2/c27-19-29-13-15-30(16-14-29)23-6-2-1-5-20(23)17-21-9-12-31(25(21)32)22-7-8-24(28-18-22)26(33)10-3-4-11-26/h1-2,5-8,18,21,33H,3-4,9-17,19H2. The van der Waals surface area contributed by atoms with Crippen LogP contribution in [-0.2, 0) is 16.8 Å². The van der Waals surface area contributed by atoms with Gasteiger partial charge in [0.15, 0.2) is 0 Å². The average Bonchev–Trinajstić information content (AvgIpc) is 3.46. The molecule has 6 nitrogen and oxygen atoms in total. The minimum Gasteiger partial charge on any atom is -0.384 e. The van der Waals surface area contributed by atoms with Gasteiger partial charge in [-0.2, -0.15) is 0 Å². The molecule has 2 aliphatic heterocycles. The van der Waals surface area contributed by atoms with E-state index in [1.54, 1.807) is 6.20 Å². The molecule has 1 atom stereocenters. The molecular weight excluding hydrogens is 527 g/mol. The number of pyridine rings is 1. The number of aromatic nitrogens is 1. The fraction of sp³-hybridized carbons (Fsp3) is 0.538. The van der Waals surface area contributed by atoms with Crippen LogP contribution < -0.4 is 9.80 Å². The fourth-order valence-electron chi connectivity index (χ4n) is 5.59. The number of halogens is 1. The van der Waals surface area contributed by atoms with E-state index in [-0.39, 0.29) is 11.8 Å². The summed E-state index contributed by atoms with van der Waals surface area (Å²) in [5.74, 6) is 0.189. The lowest BCUT2D eigenvalue weighted by molar-refractivity contribution is -0.120. The Bertz CT molecular complexity index is 969. The molecular formula is C26H33IN4O2. The molecule has 1 aromatic heterocycles. The Morgan fingerprint density at radius 3 is 2.48 bits per heavy atom. The number of benzene rings is 1. The Morgan fingerprint density at radius 1 is 1.03 bits per heavy atom. The maximum absolute atomic E-state index is 13.3. The van der Waals surface area contributed by atoms with E-state index in [0.29, 0.717) is 0 Å². The summed E-state index contributed by atoms with van der Waals surface area (Å²) in [6.07, 6.45) is 7.05. The number of hydrogen-bond donors (Lipinski definition) is 1. The molecule has 7 heteroatoms. The minimum atomic E-state index is -0.790. The van der Waals surface area contributed by atoms with E-state index in [1.807, 2.05) is 17.0 Å². The van der Waals surface area contributed by atoms with Crippen LogP contribution in [0.3, 0.4) is 0 Å². The van der Waals surface area contributed by atoms with Gasteiger partial charge in [0.1, 0.15) is 5.60 Å². The molecule has 1 amide bonds. The molecule has 1 aliphatic carbocycles. The third-order valence-corrected chi connectivity index (χ3v) is 8.59. The largest absolute Gasteiger partial charge is 0.384 e. The topological polar surface area (TPSA) is 59.9 Å². The Morgan fingerprint density at radius 2 is 1.79 bits per heavy atom. The van der Waals surface area contributed by atoms with E-state index >= 15 is 0 Å². The summed E-state index contributed by atoms with van der Waals surface area (Å²) in [5, 5.41) is 10.8. The maximum atomic E-state index is 13.3. The van der Waals surface area contributed by atoms with Crippen molar-refractivity contribution in [1.82, 2.24) is 9.88 Å². The number of para-hydroxylation sites is 1. The van der Waals surface area contributed by atoms with E-state index in [4.69, 9.17) is 0 Å². The van der Waals surface area contributed by atoms with Gasteiger partial charge in [-0.15, -0.1) is 0 Å². The highest BCUT2D eigenvalue weighted by atomic mass is 127. The predicted octanol–water partition coefficient (Wildman–Crippen LogP) is 3.95. The number of aliphatic hydroxyl groups is 1. The van der Waals surface area contributed by atoms with Crippen molar-refractivity contribution in [2.75, 3.05) is 47.1 Å². The Balaban J connectivity index is 1.26. The van der Waals surface area contributed by atoms with Gasteiger partial charge in [0.2, 0.25) is 5.91 Å². The second-order valence-corrected chi connectivity index (χ2v) is 10.4. The SMILES string of the molecule is O=C1C(Cc2ccccc2N2CCN(CI)CC2)CCN1c1ccc(C2(O)CCCC2)nc1. The third-order valence-electron chi connectivity index (χ3n) is 7.62. The number of nitrogens with zero attached hydrogens (tertiary/aromatic N) is 4. The second-order valence-electron chi connectivity index (χ2n) is 9.67. The Kier molecular flexibility index (Phi) is 6.90. The lowest BCUT2D eigenvalue weighted by atomic mass is 9.96. The first-order chi connectivity index (χ1) is 16.1. The molecule has 5 rings (SSSR count). The van der Waals surface area contributed by atoms with Crippen LogP contribution in [0.2, 0.25) is 0 Å². The molecule has 0 radical (unpaired) electrons. The fourth-order valence-corrected chi connectivity index (χ4v) is 6.27. The average molecular weight is 560 g/mol. The number of anilines is 2. The lowest BCUT2D eigenvalue weighted by Gasteiger charge is -2.36. The molecule has 2 saturated heterocycles. The summed E-state index contributed by atoms with van der Waals surface area (Å²) in [4.78, 5) is 24.7. The van der Waals surface area contributed by atoms with Gasteiger partial charge < -0.3 is 14.9 Å². The van der Waals surface area contributed by atoms with Gasteiger partial charge in [-0.05, 0) is 49.4 Å². The van der Waals surface area contributed by atoms with E-state index in [2.05, 4.69) is 61.6 Å². The van der Waals surface area contributed by atoms with Crippen molar-refractivity contribution < 1.29 is 9.90 Å². The van der Waals surface area contributed by atoms with Crippen molar-refractivity contribution in [2.45, 2.75) is 44.1 Å². The van der Waals surface area contributed by atoms with Crippen LogP contribution in [0.15, 0.2) is 42.6 Å². The molecule has 33 heavy (non-hydrogen) atoms. The van der Waals surface area contributed by atoms with Crippen molar-refractivity contribution in [3.8, 4) is 0 Å². The van der Waals surface area contributed by atoms with Gasteiger partial charge in [0, 0.05) is 44.3 Å². The highest BCUT2D eigenvalue weighted by Gasteiger charge is 2.36. The maximum Gasteiger partial charge on any atom is 0.230 e. The monoisotopic (exact) mass is 560 g/mol. The zero-order valence-corrected chi connectivity index (χ0v) is 21.3. The molecule has 1 unspecified atom stereocenters. The van der Waals surface area contributed by atoms with E-state index in [1.165, 1.54) is 11.3 Å². The Hall–Kier alpha value is -1.71. The number of alkyl halides is 1. The van der Waals surface area contributed by atoms with Gasteiger partial charge in [-0.1, -0.05) is 53.6 Å². The second kappa shape index (κ2) is 9.88. The quantitative estimate of drug-likeness (QED) is 0.330. The molecule has 1 saturated carbocycles. The zero-order valence-electron chi connectivity index (χ0n) is 19.1. The van der Waals surface area contributed by atoms with Gasteiger partial charge in [-0.25, -0.2) is 0 Å². The molecule has 176 valence electrons. The predicted molar refractivity (Wildman–Crippen MR) is 140 cm³/mol. The Labute approximate surface area is 210 Å². The highest BCUT2D eigenvalue weighted by molar-refractivity contribution is 14.1. The summed E-state index contributed by atoms with van der Waals surface area (Å²) >= 11 is 2.44. The number of amides is 1. The van der Waals surface area contributed by atoms with Crippen LogP contribution in [-0.4, -0.2) is 58.2 Å². The van der Waals surface area contributed by atoms with Crippen LogP contribution in [0.25, 0.3) is 0 Å². The van der Waals surface area contributed by atoms with Crippen molar-refractivity contribution in [2.24, 2.45) is 5.92 Å². The number of carbonyl (C=O) groups is 1. The molecule has 3 fully saturated rings. The number of piperazine rings is 1. The third kappa shape index (κ3) is 4.77. The summed E-state index contributed by atoms with van der Waals surface area (Å²) in [6, 6.07) is 12.5. The molecule has 3 heterocycles. The van der Waals surface area contributed by atoms with Crippen LogP contribution in [0, 0.1) is 5.92 Å². The van der Waals surface area contributed by atoms with Gasteiger partial charge >= 0.3 is 0 Å². The van der Waals surface area contributed by atoms with Crippen molar-refractivity contribution in [3.05, 3.63) is 53.9 Å². The van der Waals surface area contributed by atoms with Crippen LogP contribution >= 0.6 is 22.6 Å². The van der Waals surface area contributed by atoms with Gasteiger partial charge in [0.05, 0.1) is 22.1 Å². The molecule has 1 aromatic carbocycles. The molecule has 0 bridgehead atoms. The lowest BCUT2D eigenvalue weighted by Crippen LogP contribution is -2.46. The normalized spacial score (nSPS) is 23.5. The molecule has 0 spiro atoms. The van der Waals surface area contributed by atoms with Crippen LogP contribution in [0.1, 0.15) is 43.4 Å². The van der Waals surface area contributed by atoms with Gasteiger partial charge in [-0.3, -0.25) is 14.7 Å². The van der Waals surface area contributed by atoms with Crippen molar-refractivity contribution in [1.29, 1.82) is 0 Å². The van der Waals surface area contributed by atoms with E-state index in [0.717, 1.165) is 87.2 Å². The van der Waals surface area contributed by atoms with Crippen LogP contribution in [0.4, 0.5) is 11.4 Å². The minimum absolute atomic E-state index is 0.000442. The highest BCUT2D eigenvalue weighted by Crippen LogP contribution is 2.38. The van der Waals surface area contributed by atoms with Gasteiger partial charge in [0.25, 0.3) is 0 Å². The number of carbonyl (C=O) groups excluding carboxylic acids is 1. The molecule has 2 aromatic rings. The van der Waals surface area contributed by atoms with E-state index < -0.39 is 5.60 Å². The van der Waals surface area contributed by atoms with Crippen molar-refractivity contribution >= 4 is 39.9 Å². The molecule has 3 aliphatic rings. The number of hydrogen-bond acceptors (Lipinski definition) is 5. The summed E-state index contributed by atoms with van der Waals surface area (Å²) in [7, 11) is 0. The molecule has 1 N–H and O–H groups in total.